The van der Waals surface area contributed by atoms with Crippen molar-refractivity contribution >= 4 is 11.6 Å². The standard InChI is InChI=1S/C21H21NO5/c1-13-5-10-17(27-13)14-6-8-16(9-7-14)22-21(23)15-11-18(24-2)20(26-4)19(12-15)25-3/h5-12H,1-4H3,(H,22,23). The zero-order chi connectivity index (χ0) is 19.4. The van der Waals surface area contributed by atoms with Gasteiger partial charge in [-0.15, -0.1) is 0 Å². The number of carbonyl (C=O) groups excluding carboxylic acids is 1. The van der Waals surface area contributed by atoms with Crippen LogP contribution in [0.25, 0.3) is 11.3 Å². The van der Waals surface area contributed by atoms with E-state index in [4.69, 9.17) is 18.6 Å². The van der Waals surface area contributed by atoms with Gasteiger partial charge in [-0.3, -0.25) is 4.79 Å². The second-order valence-electron chi connectivity index (χ2n) is 5.86. The molecule has 0 aliphatic rings. The van der Waals surface area contributed by atoms with E-state index in [1.54, 1.807) is 12.1 Å². The lowest BCUT2D eigenvalue weighted by molar-refractivity contribution is 0.102. The molecule has 1 amide bonds. The zero-order valence-corrected chi connectivity index (χ0v) is 15.7. The molecule has 0 aliphatic carbocycles. The molecule has 0 unspecified atom stereocenters. The van der Waals surface area contributed by atoms with Crippen molar-refractivity contribution in [3.05, 3.63) is 59.9 Å². The highest BCUT2D eigenvalue weighted by Gasteiger charge is 2.17. The number of furan rings is 1. The van der Waals surface area contributed by atoms with E-state index in [9.17, 15) is 4.79 Å². The highest BCUT2D eigenvalue weighted by Crippen LogP contribution is 2.38. The second kappa shape index (κ2) is 7.86. The fourth-order valence-corrected chi connectivity index (χ4v) is 2.72. The van der Waals surface area contributed by atoms with Gasteiger partial charge in [0.05, 0.1) is 21.3 Å². The number of benzene rings is 2. The molecule has 1 N–H and O–H groups in total. The third kappa shape index (κ3) is 3.89. The van der Waals surface area contributed by atoms with Crippen LogP contribution in [0.1, 0.15) is 16.1 Å². The normalized spacial score (nSPS) is 10.4. The van der Waals surface area contributed by atoms with Crippen molar-refractivity contribution in [2.45, 2.75) is 6.92 Å². The molecule has 3 rings (SSSR count). The third-order valence-electron chi connectivity index (χ3n) is 4.09. The van der Waals surface area contributed by atoms with Gasteiger partial charge in [-0.2, -0.15) is 0 Å². The van der Waals surface area contributed by atoms with Gasteiger partial charge in [0.1, 0.15) is 11.5 Å². The number of amides is 1. The summed E-state index contributed by atoms with van der Waals surface area (Å²) in [7, 11) is 4.53. The average Bonchev–Trinajstić information content (AvgIpc) is 3.13. The van der Waals surface area contributed by atoms with E-state index in [1.807, 2.05) is 43.3 Å². The summed E-state index contributed by atoms with van der Waals surface area (Å²) in [5, 5.41) is 2.86. The molecule has 140 valence electrons. The fourth-order valence-electron chi connectivity index (χ4n) is 2.72. The van der Waals surface area contributed by atoms with E-state index in [1.165, 1.54) is 21.3 Å². The number of carbonyl (C=O) groups is 1. The van der Waals surface area contributed by atoms with Gasteiger partial charge in [-0.25, -0.2) is 0 Å². The Balaban J connectivity index is 1.81. The fraction of sp³-hybridized carbons (Fsp3) is 0.190. The molecule has 0 radical (unpaired) electrons. The van der Waals surface area contributed by atoms with E-state index < -0.39 is 0 Å². The first-order chi connectivity index (χ1) is 13.0. The van der Waals surface area contributed by atoms with E-state index in [0.29, 0.717) is 28.5 Å². The maximum absolute atomic E-state index is 12.6. The van der Waals surface area contributed by atoms with Gasteiger partial charge in [0, 0.05) is 16.8 Å². The summed E-state index contributed by atoms with van der Waals surface area (Å²) in [6.45, 7) is 1.90. The number of rotatable bonds is 6. The van der Waals surface area contributed by atoms with Crippen LogP contribution in [0.2, 0.25) is 0 Å². The number of hydrogen-bond donors (Lipinski definition) is 1. The van der Waals surface area contributed by atoms with Crippen LogP contribution in [-0.4, -0.2) is 27.2 Å². The Morgan fingerprint density at radius 1 is 0.889 bits per heavy atom. The van der Waals surface area contributed by atoms with Gasteiger partial charge < -0.3 is 23.9 Å². The summed E-state index contributed by atoms with van der Waals surface area (Å²) in [6.07, 6.45) is 0. The second-order valence-corrected chi connectivity index (χ2v) is 5.86. The number of ether oxygens (including phenoxy) is 3. The largest absolute Gasteiger partial charge is 0.493 e. The lowest BCUT2D eigenvalue weighted by Crippen LogP contribution is -2.12. The summed E-state index contributed by atoms with van der Waals surface area (Å²) >= 11 is 0. The molecule has 0 spiro atoms. The predicted molar refractivity (Wildman–Crippen MR) is 103 cm³/mol. The number of aryl methyl sites for hydroxylation is 1. The molecule has 27 heavy (non-hydrogen) atoms. The first-order valence-electron chi connectivity index (χ1n) is 8.34. The van der Waals surface area contributed by atoms with Crippen LogP contribution >= 0.6 is 0 Å². The molecule has 2 aromatic carbocycles. The van der Waals surface area contributed by atoms with E-state index in [2.05, 4.69) is 5.32 Å². The number of methoxy groups -OCH3 is 3. The maximum atomic E-state index is 12.6. The first kappa shape index (κ1) is 18.4. The molecule has 0 aliphatic heterocycles. The highest BCUT2D eigenvalue weighted by atomic mass is 16.5. The smallest absolute Gasteiger partial charge is 0.255 e. The van der Waals surface area contributed by atoms with Gasteiger partial charge in [0.25, 0.3) is 5.91 Å². The van der Waals surface area contributed by atoms with E-state index >= 15 is 0 Å². The molecule has 0 saturated heterocycles. The topological polar surface area (TPSA) is 69.9 Å². The monoisotopic (exact) mass is 367 g/mol. The Morgan fingerprint density at radius 3 is 2.00 bits per heavy atom. The molecule has 0 atom stereocenters. The van der Waals surface area contributed by atoms with E-state index in [0.717, 1.165) is 17.1 Å². The number of hydrogen-bond acceptors (Lipinski definition) is 5. The van der Waals surface area contributed by atoms with Gasteiger partial charge in [-0.1, -0.05) is 0 Å². The number of anilines is 1. The maximum Gasteiger partial charge on any atom is 0.255 e. The van der Waals surface area contributed by atoms with Crippen LogP contribution in [0.3, 0.4) is 0 Å². The summed E-state index contributed by atoms with van der Waals surface area (Å²) in [6, 6.07) is 14.5. The molecule has 3 aromatic rings. The molecule has 0 saturated carbocycles. The van der Waals surface area contributed by atoms with Gasteiger partial charge >= 0.3 is 0 Å². The van der Waals surface area contributed by atoms with Crippen molar-refractivity contribution in [3.8, 4) is 28.6 Å². The SMILES string of the molecule is COc1cc(C(=O)Nc2ccc(-c3ccc(C)o3)cc2)cc(OC)c1OC. The summed E-state index contributed by atoms with van der Waals surface area (Å²) < 4.78 is 21.5. The predicted octanol–water partition coefficient (Wildman–Crippen LogP) is 4.53. The summed E-state index contributed by atoms with van der Waals surface area (Å²) in [4.78, 5) is 12.6. The minimum absolute atomic E-state index is 0.282. The van der Waals surface area contributed by atoms with Crippen molar-refractivity contribution in [2.75, 3.05) is 26.6 Å². The molecule has 6 heteroatoms. The molecule has 1 aromatic heterocycles. The first-order valence-corrected chi connectivity index (χ1v) is 8.34. The minimum Gasteiger partial charge on any atom is -0.493 e. The number of nitrogens with one attached hydrogen (secondary N) is 1. The van der Waals surface area contributed by atoms with Crippen LogP contribution in [0, 0.1) is 6.92 Å². The van der Waals surface area contributed by atoms with Gasteiger partial charge in [-0.05, 0) is 55.5 Å². The van der Waals surface area contributed by atoms with E-state index in [-0.39, 0.29) is 5.91 Å². The van der Waals surface area contributed by atoms with Crippen molar-refractivity contribution in [1.29, 1.82) is 0 Å². The Labute approximate surface area is 157 Å². The molecular formula is C21H21NO5. The van der Waals surface area contributed by atoms with Crippen LogP contribution in [-0.2, 0) is 0 Å². The zero-order valence-electron chi connectivity index (χ0n) is 15.7. The lowest BCUT2D eigenvalue weighted by Gasteiger charge is -2.14. The van der Waals surface area contributed by atoms with Gasteiger partial charge in [0.15, 0.2) is 11.5 Å². The molecule has 0 fully saturated rings. The Hall–Kier alpha value is -3.41. The Kier molecular flexibility index (Phi) is 5.35. The van der Waals surface area contributed by atoms with Crippen LogP contribution < -0.4 is 19.5 Å². The van der Waals surface area contributed by atoms with Crippen molar-refractivity contribution in [2.24, 2.45) is 0 Å². The minimum atomic E-state index is -0.282. The Bertz CT molecular complexity index is 918. The average molecular weight is 367 g/mol. The quantitative estimate of drug-likeness (QED) is 0.693. The van der Waals surface area contributed by atoms with Crippen LogP contribution in [0.15, 0.2) is 52.9 Å². The molecule has 6 nitrogen and oxygen atoms in total. The highest BCUT2D eigenvalue weighted by molar-refractivity contribution is 6.05. The molecule has 0 bridgehead atoms. The Morgan fingerprint density at radius 2 is 1.52 bits per heavy atom. The lowest BCUT2D eigenvalue weighted by atomic mass is 10.1. The molecule has 1 heterocycles. The summed E-state index contributed by atoms with van der Waals surface area (Å²) in [5.41, 5.74) is 2.00. The van der Waals surface area contributed by atoms with Crippen molar-refractivity contribution < 1.29 is 23.4 Å². The molecular weight excluding hydrogens is 346 g/mol. The summed E-state index contributed by atoms with van der Waals surface area (Å²) in [5.74, 6) is 2.64. The van der Waals surface area contributed by atoms with Crippen LogP contribution in [0.5, 0.6) is 17.2 Å². The van der Waals surface area contributed by atoms with Crippen molar-refractivity contribution in [3.63, 3.8) is 0 Å². The van der Waals surface area contributed by atoms with Crippen molar-refractivity contribution in [1.82, 2.24) is 0 Å². The third-order valence-corrected chi connectivity index (χ3v) is 4.09. The van der Waals surface area contributed by atoms with Gasteiger partial charge in [0.2, 0.25) is 5.75 Å². The van der Waals surface area contributed by atoms with Crippen LogP contribution in [0.4, 0.5) is 5.69 Å².